The summed E-state index contributed by atoms with van der Waals surface area (Å²) in [6.45, 7) is 5.55. The number of ether oxygens (including phenoxy) is 1. The molecule has 0 radical (unpaired) electrons. The first-order valence-electron chi connectivity index (χ1n) is 6.58. The number of anilines is 1. The van der Waals surface area contributed by atoms with Crippen molar-refractivity contribution in [3.63, 3.8) is 0 Å². The van der Waals surface area contributed by atoms with E-state index in [1.54, 1.807) is 7.11 Å². The van der Waals surface area contributed by atoms with Crippen molar-refractivity contribution in [3.05, 3.63) is 22.9 Å². The zero-order valence-corrected chi connectivity index (χ0v) is 12.6. The average molecular weight is 279 g/mol. The third kappa shape index (κ3) is 3.22. The fourth-order valence-corrected chi connectivity index (χ4v) is 2.62. The molecule has 2 N–H and O–H groups in total. The minimum atomic E-state index is 0.420. The van der Waals surface area contributed by atoms with Crippen LogP contribution in [0.25, 0.3) is 0 Å². The molecule has 0 bridgehead atoms. The molecule has 0 unspecified atom stereocenters. The van der Waals surface area contributed by atoms with Gasteiger partial charge in [-0.2, -0.15) is 0 Å². The molecule has 0 aromatic carbocycles. The van der Waals surface area contributed by atoms with Gasteiger partial charge in [-0.1, -0.05) is 12.2 Å². The summed E-state index contributed by atoms with van der Waals surface area (Å²) in [5, 5.41) is 0. The monoisotopic (exact) mass is 279 g/mol. The number of hydrogen-bond acceptors (Lipinski definition) is 4. The Morgan fingerprint density at radius 3 is 2.74 bits per heavy atom. The third-order valence-electron chi connectivity index (χ3n) is 3.37. The lowest BCUT2D eigenvalue weighted by Crippen LogP contribution is -2.33. The van der Waals surface area contributed by atoms with Gasteiger partial charge < -0.3 is 15.4 Å². The summed E-state index contributed by atoms with van der Waals surface area (Å²) in [6, 6.07) is 2.58. The van der Waals surface area contributed by atoms with Crippen LogP contribution in [0.1, 0.15) is 29.7 Å². The van der Waals surface area contributed by atoms with E-state index in [1.165, 1.54) is 12.8 Å². The van der Waals surface area contributed by atoms with Crippen molar-refractivity contribution in [2.24, 2.45) is 5.73 Å². The molecule has 19 heavy (non-hydrogen) atoms. The number of pyridine rings is 1. The number of aromatic nitrogens is 1. The van der Waals surface area contributed by atoms with E-state index in [4.69, 9.17) is 22.7 Å². The number of nitrogens with zero attached hydrogens (tertiary/aromatic N) is 2. The van der Waals surface area contributed by atoms with Crippen molar-refractivity contribution < 1.29 is 4.74 Å². The minimum Gasteiger partial charge on any atom is -0.389 e. The highest BCUT2D eigenvalue weighted by Crippen LogP contribution is 2.33. The molecule has 5 heteroatoms. The van der Waals surface area contributed by atoms with Crippen LogP contribution in [0.2, 0.25) is 0 Å². The van der Waals surface area contributed by atoms with Gasteiger partial charge in [0.25, 0.3) is 0 Å². The Kier molecular flexibility index (Phi) is 4.37. The summed E-state index contributed by atoms with van der Waals surface area (Å²) in [5.41, 5.74) is 8.88. The molecule has 1 aromatic rings. The van der Waals surface area contributed by atoms with E-state index >= 15 is 0 Å². The minimum absolute atomic E-state index is 0.420. The molecule has 1 saturated carbocycles. The van der Waals surface area contributed by atoms with Crippen LogP contribution in [-0.2, 0) is 4.74 Å². The zero-order valence-electron chi connectivity index (χ0n) is 11.8. The normalized spacial score (nSPS) is 14.5. The fraction of sp³-hybridized carbons (Fsp3) is 0.571. The standard InChI is InChI=1S/C14H21N3OS/c1-9-8-10(2)16-14(12(9)13(15)19)17(6-7-18-3)11-4-5-11/h8,11H,4-7H2,1-3H3,(H2,15,19). The van der Waals surface area contributed by atoms with Crippen LogP contribution in [-0.4, -0.2) is 36.3 Å². The van der Waals surface area contributed by atoms with Crippen LogP contribution in [0.15, 0.2) is 6.07 Å². The summed E-state index contributed by atoms with van der Waals surface area (Å²) in [4.78, 5) is 7.38. The molecule has 0 amide bonds. The molecule has 0 spiro atoms. The van der Waals surface area contributed by atoms with Gasteiger partial charge in [-0.05, 0) is 38.3 Å². The number of nitrogens with two attached hydrogens (primary N) is 1. The van der Waals surface area contributed by atoms with Crippen LogP contribution in [0.4, 0.5) is 5.82 Å². The number of methoxy groups -OCH3 is 1. The molecule has 0 aliphatic heterocycles. The topological polar surface area (TPSA) is 51.4 Å². The second-order valence-corrected chi connectivity index (χ2v) is 5.50. The van der Waals surface area contributed by atoms with Gasteiger partial charge in [0.05, 0.1) is 12.2 Å². The Morgan fingerprint density at radius 2 is 2.21 bits per heavy atom. The van der Waals surface area contributed by atoms with E-state index < -0.39 is 0 Å². The van der Waals surface area contributed by atoms with Crippen LogP contribution in [0.5, 0.6) is 0 Å². The molecule has 104 valence electrons. The first kappa shape index (κ1) is 14.2. The van der Waals surface area contributed by atoms with Gasteiger partial charge in [0.15, 0.2) is 0 Å². The Balaban J connectivity index is 2.42. The number of rotatable bonds is 6. The van der Waals surface area contributed by atoms with E-state index in [1.807, 2.05) is 19.9 Å². The SMILES string of the molecule is COCCN(c1nc(C)cc(C)c1C(N)=S)C1CC1. The van der Waals surface area contributed by atoms with E-state index in [9.17, 15) is 0 Å². The van der Waals surface area contributed by atoms with Gasteiger partial charge in [-0.3, -0.25) is 0 Å². The highest BCUT2D eigenvalue weighted by atomic mass is 32.1. The van der Waals surface area contributed by atoms with Crippen LogP contribution < -0.4 is 10.6 Å². The van der Waals surface area contributed by atoms with Gasteiger partial charge >= 0.3 is 0 Å². The molecule has 1 aliphatic rings. The summed E-state index contributed by atoms with van der Waals surface area (Å²) in [6.07, 6.45) is 2.41. The molecule has 1 aromatic heterocycles. The van der Waals surface area contributed by atoms with Crippen molar-refractivity contribution in [1.82, 2.24) is 4.98 Å². The summed E-state index contributed by atoms with van der Waals surface area (Å²) >= 11 is 5.20. The summed E-state index contributed by atoms with van der Waals surface area (Å²) in [5.74, 6) is 0.921. The highest BCUT2D eigenvalue weighted by Gasteiger charge is 2.32. The van der Waals surface area contributed by atoms with Crippen LogP contribution in [0, 0.1) is 13.8 Å². The lowest BCUT2D eigenvalue weighted by Gasteiger charge is -2.26. The Hall–Kier alpha value is -1.20. The maximum atomic E-state index is 5.89. The smallest absolute Gasteiger partial charge is 0.139 e. The first-order valence-corrected chi connectivity index (χ1v) is 6.99. The van der Waals surface area contributed by atoms with Gasteiger partial charge in [-0.25, -0.2) is 4.98 Å². The molecule has 4 nitrogen and oxygen atoms in total. The molecule has 0 atom stereocenters. The largest absolute Gasteiger partial charge is 0.389 e. The molecule has 1 aliphatic carbocycles. The number of thiocarbonyl (C=S) groups is 1. The van der Waals surface area contributed by atoms with Crippen molar-refractivity contribution >= 4 is 23.0 Å². The molecule has 0 saturated heterocycles. The maximum absolute atomic E-state index is 5.89. The molecular weight excluding hydrogens is 258 g/mol. The molecule has 2 rings (SSSR count). The van der Waals surface area contributed by atoms with E-state index in [0.29, 0.717) is 17.6 Å². The lowest BCUT2D eigenvalue weighted by atomic mass is 10.1. The zero-order chi connectivity index (χ0) is 14.0. The van der Waals surface area contributed by atoms with Gasteiger partial charge in [0.1, 0.15) is 10.8 Å². The van der Waals surface area contributed by atoms with E-state index in [0.717, 1.165) is 29.2 Å². The number of aryl methyl sites for hydroxylation is 2. The third-order valence-corrected chi connectivity index (χ3v) is 3.57. The van der Waals surface area contributed by atoms with Crippen LogP contribution in [0.3, 0.4) is 0 Å². The Morgan fingerprint density at radius 1 is 1.53 bits per heavy atom. The Labute approximate surface area is 120 Å². The van der Waals surface area contributed by atoms with Crippen LogP contribution >= 0.6 is 12.2 Å². The van der Waals surface area contributed by atoms with E-state index in [-0.39, 0.29) is 0 Å². The average Bonchev–Trinajstić information content (AvgIpc) is 3.12. The summed E-state index contributed by atoms with van der Waals surface area (Å²) < 4.78 is 5.20. The van der Waals surface area contributed by atoms with Gasteiger partial charge in [0, 0.05) is 25.4 Å². The van der Waals surface area contributed by atoms with Gasteiger partial charge in [-0.15, -0.1) is 0 Å². The predicted molar refractivity (Wildman–Crippen MR) is 81.8 cm³/mol. The van der Waals surface area contributed by atoms with Gasteiger partial charge in [0.2, 0.25) is 0 Å². The second kappa shape index (κ2) is 5.84. The second-order valence-electron chi connectivity index (χ2n) is 5.06. The maximum Gasteiger partial charge on any atom is 0.139 e. The molecule has 1 heterocycles. The molecule has 1 fully saturated rings. The summed E-state index contributed by atoms with van der Waals surface area (Å²) in [7, 11) is 1.72. The predicted octanol–water partition coefficient (Wildman–Crippen LogP) is 1.95. The Bertz CT molecular complexity index is 486. The van der Waals surface area contributed by atoms with Crippen molar-refractivity contribution in [2.75, 3.05) is 25.2 Å². The van der Waals surface area contributed by atoms with Crippen molar-refractivity contribution in [2.45, 2.75) is 32.7 Å². The first-order chi connectivity index (χ1) is 9.04. The molecular formula is C14H21N3OS. The van der Waals surface area contributed by atoms with Crippen molar-refractivity contribution in [1.29, 1.82) is 0 Å². The number of hydrogen-bond donors (Lipinski definition) is 1. The van der Waals surface area contributed by atoms with Crippen molar-refractivity contribution in [3.8, 4) is 0 Å². The lowest BCUT2D eigenvalue weighted by molar-refractivity contribution is 0.204. The van der Waals surface area contributed by atoms with E-state index in [2.05, 4.69) is 9.88 Å². The quantitative estimate of drug-likeness (QED) is 0.807. The highest BCUT2D eigenvalue weighted by molar-refractivity contribution is 7.80. The fourth-order valence-electron chi connectivity index (χ4n) is 2.37.